The van der Waals surface area contributed by atoms with Crippen molar-refractivity contribution >= 4 is 23.4 Å². The SMILES string of the molecule is C[C@H]1CCN(C(=O)C[C@@H]2C=CCC2)c2cc(C(F)(F)F)ccc2S1. The summed E-state index contributed by atoms with van der Waals surface area (Å²) in [5.74, 6) is 0.127. The maximum absolute atomic E-state index is 13.1. The fourth-order valence-electron chi connectivity index (χ4n) is 3.17. The van der Waals surface area contributed by atoms with E-state index in [0.29, 0.717) is 18.7 Å². The Morgan fingerprint density at radius 2 is 2.12 bits per heavy atom. The molecule has 24 heavy (non-hydrogen) atoms. The van der Waals surface area contributed by atoms with E-state index in [9.17, 15) is 18.0 Å². The third-order valence-electron chi connectivity index (χ3n) is 4.51. The number of halogens is 3. The molecule has 0 aromatic heterocycles. The summed E-state index contributed by atoms with van der Waals surface area (Å²) in [6.07, 6.45) is 2.76. The van der Waals surface area contributed by atoms with Gasteiger partial charge in [-0.2, -0.15) is 13.2 Å². The van der Waals surface area contributed by atoms with Gasteiger partial charge in [-0.3, -0.25) is 4.79 Å². The summed E-state index contributed by atoms with van der Waals surface area (Å²) in [6, 6.07) is 3.73. The van der Waals surface area contributed by atoms with Gasteiger partial charge in [0.1, 0.15) is 0 Å². The Morgan fingerprint density at radius 1 is 1.33 bits per heavy atom. The van der Waals surface area contributed by atoms with E-state index in [1.807, 2.05) is 13.0 Å². The lowest BCUT2D eigenvalue weighted by atomic mass is 10.0. The van der Waals surface area contributed by atoms with E-state index in [1.54, 1.807) is 16.7 Å². The lowest BCUT2D eigenvalue weighted by Crippen LogP contribution is -2.33. The molecule has 1 aromatic carbocycles. The molecular formula is C18H20F3NOS. The van der Waals surface area contributed by atoms with Gasteiger partial charge in [-0.05, 0) is 43.4 Å². The zero-order valence-corrected chi connectivity index (χ0v) is 14.3. The molecule has 0 spiro atoms. The number of hydrogen-bond donors (Lipinski definition) is 0. The van der Waals surface area contributed by atoms with E-state index < -0.39 is 11.7 Å². The first-order chi connectivity index (χ1) is 11.3. The number of amides is 1. The lowest BCUT2D eigenvalue weighted by molar-refractivity contribution is -0.137. The summed E-state index contributed by atoms with van der Waals surface area (Å²) < 4.78 is 39.2. The third-order valence-corrected chi connectivity index (χ3v) is 5.75. The Labute approximate surface area is 144 Å². The molecule has 1 amide bonds. The van der Waals surface area contributed by atoms with E-state index in [0.717, 1.165) is 36.3 Å². The van der Waals surface area contributed by atoms with E-state index in [4.69, 9.17) is 0 Å². The molecular weight excluding hydrogens is 335 g/mol. The summed E-state index contributed by atoms with van der Waals surface area (Å²) in [5.41, 5.74) is -0.291. The van der Waals surface area contributed by atoms with Crippen molar-refractivity contribution in [2.24, 2.45) is 5.92 Å². The van der Waals surface area contributed by atoms with Crippen molar-refractivity contribution in [2.45, 2.75) is 48.9 Å². The van der Waals surface area contributed by atoms with Gasteiger partial charge in [0, 0.05) is 23.1 Å². The summed E-state index contributed by atoms with van der Waals surface area (Å²) >= 11 is 1.54. The predicted molar refractivity (Wildman–Crippen MR) is 90.2 cm³/mol. The van der Waals surface area contributed by atoms with Crippen molar-refractivity contribution in [2.75, 3.05) is 11.4 Å². The average molecular weight is 355 g/mol. The molecule has 6 heteroatoms. The van der Waals surface area contributed by atoms with E-state index >= 15 is 0 Å². The molecule has 0 fully saturated rings. The van der Waals surface area contributed by atoms with Gasteiger partial charge in [0.15, 0.2) is 0 Å². The van der Waals surface area contributed by atoms with Crippen molar-refractivity contribution in [1.29, 1.82) is 0 Å². The standard InChI is InChI=1S/C18H20F3NOS/c1-12-8-9-22(17(23)10-13-4-2-3-5-13)15-11-14(18(19,20)21)6-7-16(15)24-12/h2,4,6-7,11-13H,3,5,8-10H2,1H3/t12-,13+/m0/s1. The summed E-state index contributed by atoms with van der Waals surface area (Å²) in [4.78, 5) is 15.1. The minimum atomic E-state index is -4.40. The van der Waals surface area contributed by atoms with Crippen LogP contribution in [-0.4, -0.2) is 17.7 Å². The van der Waals surface area contributed by atoms with E-state index in [-0.39, 0.29) is 17.1 Å². The van der Waals surface area contributed by atoms with E-state index in [1.165, 1.54) is 6.07 Å². The fraction of sp³-hybridized carbons (Fsp3) is 0.500. The number of rotatable bonds is 2. The second-order valence-electron chi connectivity index (χ2n) is 6.41. The van der Waals surface area contributed by atoms with Crippen molar-refractivity contribution in [3.63, 3.8) is 0 Å². The Balaban J connectivity index is 1.92. The number of anilines is 1. The van der Waals surface area contributed by atoms with Gasteiger partial charge in [0.25, 0.3) is 0 Å². The Hall–Kier alpha value is -1.43. The van der Waals surface area contributed by atoms with Crippen LogP contribution in [0.5, 0.6) is 0 Å². The normalized spacial score (nSPS) is 23.9. The summed E-state index contributed by atoms with van der Waals surface area (Å²) in [5, 5.41) is 0.268. The van der Waals surface area contributed by atoms with Crippen LogP contribution in [0, 0.1) is 5.92 Å². The van der Waals surface area contributed by atoms with Gasteiger partial charge in [0.2, 0.25) is 5.91 Å². The maximum Gasteiger partial charge on any atom is 0.416 e. The second-order valence-corrected chi connectivity index (χ2v) is 7.89. The monoisotopic (exact) mass is 355 g/mol. The molecule has 3 rings (SSSR count). The molecule has 2 aliphatic rings. The Bertz CT molecular complexity index is 656. The smallest absolute Gasteiger partial charge is 0.311 e. The average Bonchev–Trinajstić information content (AvgIpc) is 2.94. The number of hydrogen-bond acceptors (Lipinski definition) is 2. The molecule has 2 atom stereocenters. The highest BCUT2D eigenvalue weighted by Gasteiger charge is 2.33. The second kappa shape index (κ2) is 6.82. The number of allylic oxidation sites excluding steroid dienone is 2. The summed E-state index contributed by atoms with van der Waals surface area (Å²) in [7, 11) is 0. The molecule has 1 heterocycles. The molecule has 1 aliphatic heterocycles. The van der Waals surface area contributed by atoms with Crippen LogP contribution in [0.2, 0.25) is 0 Å². The van der Waals surface area contributed by atoms with Gasteiger partial charge >= 0.3 is 6.18 Å². The lowest BCUT2D eigenvalue weighted by Gasteiger charge is -2.24. The number of thioether (sulfide) groups is 1. The van der Waals surface area contributed by atoms with Crippen LogP contribution < -0.4 is 4.90 Å². The zero-order chi connectivity index (χ0) is 17.3. The minimum Gasteiger partial charge on any atom is -0.311 e. The molecule has 0 N–H and O–H groups in total. The molecule has 0 radical (unpaired) electrons. The van der Waals surface area contributed by atoms with Crippen LogP contribution in [-0.2, 0) is 11.0 Å². The first-order valence-electron chi connectivity index (χ1n) is 8.19. The van der Waals surface area contributed by atoms with Gasteiger partial charge in [-0.25, -0.2) is 0 Å². The van der Waals surface area contributed by atoms with Crippen LogP contribution in [0.1, 0.15) is 38.2 Å². The molecule has 0 saturated carbocycles. The molecule has 1 aliphatic carbocycles. The molecule has 130 valence electrons. The van der Waals surface area contributed by atoms with Crippen LogP contribution in [0.3, 0.4) is 0 Å². The van der Waals surface area contributed by atoms with Gasteiger partial charge in [-0.15, -0.1) is 11.8 Å². The van der Waals surface area contributed by atoms with Crippen molar-refractivity contribution in [3.05, 3.63) is 35.9 Å². The van der Waals surface area contributed by atoms with Crippen molar-refractivity contribution in [3.8, 4) is 0 Å². The molecule has 1 aromatic rings. The highest BCUT2D eigenvalue weighted by Crippen LogP contribution is 2.41. The first kappa shape index (κ1) is 17.4. The zero-order valence-electron chi connectivity index (χ0n) is 13.5. The molecule has 2 nitrogen and oxygen atoms in total. The van der Waals surface area contributed by atoms with Gasteiger partial charge < -0.3 is 4.90 Å². The molecule has 0 saturated heterocycles. The summed E-state index contributed by atoms with van der Waals surface area (Å²) in [6.45, 7) is 2.51. The third kappa shape index (κ3) is 3.79. The maximum atomic E-state index is 13.1. The number of alkyl halides is 3. The Kier molecular flexibility index (Phi) is 4.95. The number of carbonyl (C=O) groups is 1. The van der Waals surface area contributed by atoms with Crippen LogP contribution >= 0.6 is 11.8 Å². The van der Waals surface area contributed by atoms with Gasteiger partial charge in [0.05, 0.1) is 11.3 Å². The number of nitrogens with zero attached hydrogens (tertiary/aromatic N) is 1. The van der Waals surface area contributed by atoms with Crippen molar-refractivity contribution in [1.82, 2.24) is 0 Å². The number of fused-ring (bicyclic) bond motifs is 1. The van der Waals surface area contributed by atoms with Crippen molar-refractivity contribution < 1.29 is 18.0 Å². The minimum absolute atomic E-state index is 0.0816. The van der Waals surface area contributed by atoms with Gasteiger partial charge in [-0.1, -0.05) is 19.1 Å². The van der Waals surface area contributed by atoms with E-state index in [2.05, 4.69) is 6.08 Å². The quantitative estimate of drug-likeness (QED) is 0.673. The fourth-order valence-corrected chi connectivity index (χ4v) is 4.26. The first-order valence-corrected chi connectivity index (χ1v) is 9.07. The molecule has 0 unspecified atom stereocenters. The Morgan fingerprint density at radius 3 is 2.79 bits per heavy atom. The number of carbonyl (C=O) groups excluding carboxylic acids is 1. The predicted octanol–water partition coefficient (Wildman–Crippen LogP) is 5.28. The topological polar surface area (TPSA) is 20.3 Å². The van der Waals surface area contributed by atoms with Crippen LogP contribution in [0.15, 0.2) is 35.2 Å². The highest BCUT2D eigenvalue weighted by atomic mass is 32.2. The largest absolute Gasteiger partial charge is 0.416 e. The number of benzene rings is 1. The van der Waals surface area contributed by atoms with Crippen LogP contribution in [0.25, 0.3) is 0 Å². The molecule has 0 bridgehead atoms. The highest BCUT2D eigenvalue weighted by molar-refractivity contribution is 8.00. The van der Waals surface area contributed by atoms with Crippen LogP contribution in [0.4, 0.5) is 18.9 Å².